The molecular formula is C12H20N2O3. The van der Waals surface area contributed by atoms with Crippen LogP contribution in [0.25, 0.3) is 0 Å². The maximum absolute atomic E-state index is 5.52. The molecule has 1 aromatic rings. The first-order valence-electron chi connectivity index (χ1n) is 5.70. The van der Waals surface area contributed by atoms with Crippen molar-refractivity contribution >= 4 is 5.82 Å². The summed E-state index contributed by atoms with van der Waals surface area (Å²) in [5.74, 6) is 1.59. The van der Waals surface area contributed by atoms with Gasteiger partial charge in [0.25, 0.3) is 0 Å². The standard InChI is InChI=1S/C12H20N2O3/c1-13-12-10-11(4-5-14-12)17-9-8-16-7-3-6-15-2/h4-5,10H,3,6-9H2,1-2H3,(H,13,14). The van der Waals surface area contributed by atoms with Crippen LogP contribution in [0.4, 0.5) is 5.82 Å². The van der Waals surface area contributed by atoms with Crippen LogP contribution in [0.1, 0.15) is 6.42 Å². The first-order chi connectivity index (χ1) is 8.36. The van der Waals surface area contributed by atoms with E-state index in [0.29, 0.717) is 19.8 Å². The molecule has 0 unspecified atom stereocenters. The minimum Gasteiger partial charge on any atom is -0.491 e. The van der Waals surface area contributed by atoms with Gasteiger partial charge >= 0.3 is 0 Å². The predicted octanol–water partition coefficient (Wildman–Crippen LogP) is 1.56. The third-order valence-electron chi connectivity index (χ3n) is 2.12. The fourth-order valence-corrected chi connectivity index (χ4v) is 1.26. The highest BCUT2D eigenvalue weighted by molar-refractivity contribution is 5.39. The number of nitrogens with one attached hydrogen (secondary N) is 1. The van der Waals surface area contributed by atoms with E-state index in [2.05, 4.69) is 10.3 Å². The Bertz CT molecular complexity index is 308. The van der Waals surface area contributed by atoms with Crippen LogP contribution in [-0.4, -0.2) is 45.6 Å². The number of hydrogen-bond donors (Lipinski definition) is 1. The second kappa shape index (κ2) is 8.78. The second-order valence-corrected chi connectivity index (χ2v) is 3.43. The Morgan fingerprint density at radius 3 is 2.88 bits per heavy atom. The lowest BCUT2D eigenvalue weighted by atomic mass is 10.4. The van der Waals surface area contributed by atoms with Gasteiger partial charge in [0.05, 0.1) is 6.61 Å². The molecule has 0 aliphatic heterocycles. The largest absolute Gasteiger partial charge is 0.491 e. The fraction of sp³-hybridized carbons (Fsp3) is 0.583. The Balaban J connectivity index is 2.09. The summed E-state index contributed by atoms with van der Waals surface area (Å²) in [5.41, 5.74) is 0. The normalized spacial score (nSPS) is 10.2. The van der Waals surface area contributed by atoms with Crippen molar-refractivity contribution in [3.05, 3.63) is 18.3 Å². The van der Waals surface area contributed by atoms with E-state index in [0.717, 1.165) is 24.6 Å². The van der Waals surface area contributed by atoms with Gasteiger partial charge in [-0.2, -0.15) is 0 Å². The molecule has 1 aromatic heterocycles. The van der Waals surface area contributed by atoms with E-state index < -0.39 is 0 Å². The van der Waals surface area contributed by atoms with Gasteiger partial charge in [-0.3, -0.25) is 0 Å². The molecular weight excluding hydrogens is 220 g/mol. The van der Waals surface area contributed by atoms with Crippen molar-refractivity contribution < 1.29 is 14.2 Å². The molecule has 0 aliphatic rings. The molecule has 0 aromatic carbocycles. The predicted molar refractivity (Wildman–Crippen MR) is 66.6 cm³/mol. The third-order valence-corrected chi connectivity index (χ3v) is 2.12. The molecule has 0 radical (unpaired) electrons. The molecule has 0 fully saturated rings. The lowest BCUT2D eigenvalue weighted by Crippen LogP contribution is -2.08. The Labute approximate surface area is 102 Å². The van der Waals surface area contributed by atoms with E-state index in [4.69, 9.17) is 14.2 Å². The summed E-state index contributed by atoms with van der Waals surface area (Å²) in [6.07, 6.45) is 2.62. The molecule has 5 nitrogen and oxygen atoms in total. The third kappa shape index (κ3) is 6.09. The smallest absolute Gasteiger partial charge is 0.129 e. The number of aromatic nitrogens is 1. The molecule has 5 heteroatoms. The summed E-state index contributed by atoms with van der Waals surface area (Å²) in [6.45, 7) is 2.56. The minimum atomic E-state index is 0.542. The number of hydrogen-bond acceptors (Lipinski definition) is 5. The summed E-state index contributed by atoms with van der Waals surface area (Å²) >= 11 is 0. The van der Waals surface area contributed by atoms with Gasteiger partial charge in [0.2, 0.25) is 0 Å². The van der Waals surface area contributed by atoms with Gasteiger partial charge in [0.1, 0.15) is 18.2 Å². The van der Waals surface area contributed by atoms with Gasteiger partial charge < -0.3 is 19.5 Å². The summed E-state index contributed by atoms with van der Waals surface area (Å²) < 4.78 is 15.8. The van der Waals surface area contributed by atoms with E-state index >= 15 is 0 Å². The van der Waals surface area contributed by atoms with Crippen LogP contribution in [0, 0.1) is 0 Å². The molecule has 1 rings (SSSR count). The first-order valence-corrected chi connectivity index (χ1v) is 5.70. The molecule has 0 saturated heterocycles. The molecule has 96 valence electrons. The molecule has 0 bridgehead atoms. The summed E-state index contributed by atoms with van der Waals surface area (Å²) in [7, 11) is 3.51. The first kappa shape index (κ1) is 13.7. The van der Waals surface area contributed by atoms with E-state index in [-0.39, 0.29) is 0 Å². The molecule has 0 spiro atoms. The number of anilines is 1. The average Bonchev–Trinajstić information content (AvgIpc) is 2.38. The van der Waals surface area contributed by atoms with Crippen LogP contribution in [0.3, 0.4) is 0 Å². The van der Waals surface area contributed by atoms with Gasteiger partial charge in [0, 0.05) is 39.6 Å². The lowest BCUT2D eigenvalue weighted by Gasteiger charge is -2.08. The van der Waals surface area contributed by atoms with E-state index in [1.54, 1.807) is 13.3 Å². The quantitative estimate of drug-likeness (QED) is 0.664. The number of nitrogens with zero attached hydrogens (tertiary/aromatic N) is 1. The topological polar surface area (TPSA) is 52.6 Å². The Morgan fingerprint density at radius 2 is 2.12 bits per heavy atom. The molecule has 0 aliphatic carbocycles. The minimum absolute atomic E-state index is 0.542. The zero-order valence-corrected chi connectivity index (χ0v) is 10.4. The number of methoxy groups -OCH3 is 1. The molecule has 17 heavy (non-hydrogen) atoms. The van der Waals surface area contributed by atoms with Crippen LogP contribution in [-0.2, 0) is 9.47 Å². The van der Waals surface area contributed by atoms with Gasteiger partial charge in [0.15, 0.2) is 0 Å². The monoisotopic (exact) mass is 240 g/mol. The van der Waals surface area contributed by atoms with Gasteiger partial charge in [-0.25, -0.2) is 4.98 Å². The van der Waals surface area contributed by atoms with Gasteiger partial charge in [-0.15, -0.1) is 0 Å². The highest BCUT2D eigenvalue weighted by Crippen LogP contribution is 2.13. The molecule has 1 N–H and O–H groups in total. The molecule has 1 heterocycles. The zero-order chi connectivity index (χ0) is 12.3. The zero-order valence-electron chi connectivity index (χ0n) is 10.4. The SMILES string of the molecule is CNc1cc(OCCOCCCOC)ccn1. The van der Waals surface area contributed by atoms with Crippen molar-refractivity contribution in [1.29, 1.82) is 0 Å². The molecule has 0 saturated carbocycles. The summed E-state index contributed by atoms with van der Waals surface area (Å²) in [4.78, 5) is 4.10. The van der Waals surface area contributed by atoms with Crippen molar-refractivity contribution in [3.8, 4) is 5.75 Å². The average molecular weight is 240 g/mol. The highest BCUT2D eigenvalue weighted by Gasteiger charge is 1.96. The van der Waals surface area contributed by atoms with Crippen molar-refractivity contribution in [3.63, 3.8) is 0 Å². The second-order valence-electron chi connectivity index (χ2n) is 3.43. The van der Waals surface area contributed by atoms with Gasteiger partial charge in [-0.1, -0.05) is 0 Å². The van der Waals surface area contributed by atoms with Crippen molar-refractivity contribution in [2.75, 3.05) is 45.9 Å². The van der Waals surface area contributed by atoms with Crippen molar-refractivity contribution in [2.24, 2.45) is 0 Å². The van der Waals surface area contributed by atoms with Crippen LogP contribution < -0.4 is 10.1 Å². The van der Waals surface area contributed by atoms with E-state index in [1.807, 2.05) is 19.2 Å². The maximum Gasteiger partial charge on any atom is 0.129 e. The van der Waals surface area contributed by atoms with Crippen LogP contribution in [0.5, 0.6) is 5.75 Å². The van der Waals surface area contributed by atoms with Gasteiger partial charge in [-0.05, 0) is 12.5 Å². The summed E-state index contributed by atoms with van der Waals surface area (Å²) in [5, 5.41) is 2.96. The number of pyridine rings is 1. The Kier molecular flexibility index (Phi) is 7.09. The Morgan fingerprint density at radius 1 is 1.24 bits per heavy atom. The lowest BCUT2D eigenvalue weighted by molar-refractivity contribution is 0.0806. The molecule has 0 atom stereocenters. The number of rotatable bonds is 9. The highest BCUT2D eigenvalue weighted by atomic mass is 16.5. The maximum atomic E-state index is 5.52. The van der Waals surface area contributed by atoms with Crippen molar-refractivity contribution in [1.82, 2.24) is 4.98 Å². The Hall–Kier alpha value is -1.33. The fourth-order valence-electron chi connectivity index (χ4n) is 1.26. The van der Waals surface area contributed by atoms with E-state index in [1.165, 1.54) is 0 Å². The molecule has 0 amide bonds. The van der Waals surface area contributed by atoms with Crippen LogP contribution in [0.2, 0.25) is 0 Å². The van der Waals surface area contributed by atoms with Crippen LogP contribution in [0.15, 0.2) is 18.3 Å². The summed E-state index contributed by atoms with van der Waals surface area (Å²) in [6, 6.07) is 3.68. The van der Waals surface area contributed by atoms with Crippen molar-refractivity contribution in [2.45, 2.75) is 6.42 Å². The van der Waals surface area contributed by atoms with E-state index in [9.17, 15) is 0 Å². The number of ether oxygens (including phenoxy) is 3. The van der Waals surface area contributed by atoms with Crippen LogP contribution >= 0.6 is 0 Å².